The second-order valence-corrected chi connectivity index (χ2v) is 3.32. The number of ether oxygens (including phenoxy) is 1. The second kappa shape index (κ2) is 3.38. The van der Waals surface area contributed by atoms with Crippen LogP contribution >= 0.6 is 0 Å². The summed E-state index contributed by atoms with van der Waals surface area (Å²) >= 11 is 0. The molecule has 0 aromatic carbocycles. The van der Waals surface area contributed by atoms with Gasteiger partial charge in [-0.15, -0.1) is 0 Å². The van der Waals surface area contributed by atoms with Crippen LogP contribution in [-0.2, 0) is 17.4 Å². The molecule has 1 N–H and O–H groups in total. The van der Waals surface area contributed by atoms with Gasteiger partial charge < -0.3 is 14.4 Å². The van der Waals surface area contributed by atoms with Gasteiger partial charge in [-0.2, -0.15) is 4.98 Å². The van der Waals surface area contributed by atoms with E-state index >= 15 is 0 Å². The molecule has 0 amide bonds. The van der Waals surface area contributed by atoms with Crippen LogP contribution in [0.5, 0.6) is 5.88 Å². The van der Waals surface area contributed by atoms with E-state index in [-0.39, 0.29) is 5.88 Å². The van der Waals surface area contributed by atoms with E-state index in [9.17, 15) is 5.11 Å². The van der Waals surface area contributed by atoms with Crippen LogP contribution in [0.15, 0.2) is 6.20 Å². The molecule has 4 nitrogen and oxygen atoms in total. The van der Waals surface area contributed by atoms with E-state index in [0.29, 0.717) is 0 Å². The Morgan fingerprint density at radius 3 is 2.62 bits per heavy atom. The van der Waals surface area contributed by atoms with Crippen LogP contribution in [-0.4, -0.2) is 21.8 Å². The molecule has 1 aromatic rings. The highest BCUT2D eigenvalue weighted by Crippen LogP contribution is 2.28. The van der Waals surface area contributed by atoms with Crippen molar-refractivity contribution in [3.05, 3.63) is 12.0 Å². The van der Waals surface area contributed by atoms with Crippen molar-refractivity contribution < 1.29 is 9.84 Å². The van der Waals surface area contributed by atoms with Gasteiger partial charge in [0.15, 0.2) is 0 Å². The predicted octanol–water partition coefficient (Wildman–Crippen LogP) is 1.40. The van der Waals surface area contributed by atoms with Gasteiger partial charge in [0.2, 0.25) is 5.88 Å². The van der Waals surface area contributed by atoms with Gasteiger partial charge >= 0.3 is 0 Å². The molecule has 0 aliphatic heterocycles. The minimum Gasteiger partial charge on any atom is -0.492 e. The summed E-state index contributed by atoms with van der Waals surface area (Å²) in [4.78, 5) is 4.02. The predicted molar refractivity (Wildman–Crippen MR) is 49.5 cm³/mol. The molecule has 4 heteroatoms. The number of aryl methyl sites for hydroxylation is 1. The first-order valence-electron chi connectivity index (χ1n) is 4.31. The van der Waals surface area contributed by atoms with Crippen molar-refractivity contribution in [1.82, 2.24) is 9.55 Å². The van der Waals surface area contributed by atoms with Gasteiger partial charge in [0.25, 0.3) is 0 Å². The molecule has 0 aliphatic carbocycles. The molecule has 1 aromatic heterocycles. The molecule has 1 atom stereocenters. The van der Waals surface area contributed by atoms with E-state index in [1.165, 1.54) is 0 Å². The summed E-state index contributed by atoms with van der Waals surface area (Å²) < 4.78 is 7.15. The second-order valence-electron chi connectivity index (χ2n) is 3.32. The van der Waals surface area contributed by atoms with Gasteiger partial charge in [-0.25, -0.2) is 0 Å². The SMILES string of the molecule is CCC(C)(OC)c1nc(O)cn1C. The monoisotopic (exact) mass is 184 g/mol. The van der Waals surface area contributed by atoms with E-state index in [4.69, 9.17) is 4.74 Å². The lowest BCUT2D eigenvalue weighted by atomic mass is 10.0. The summed E-state index contributed by atoms with van der Waals surface area (Å²) in [6.45, 7) is 3.98. The molecule has 0 fully saturated rings. The molecular weight excluding hydrogens is 168 g/mol. The summed E-state index contributed by atoms with van der Waals surface area (Å²) in [7, 11) is 3.49. The van der Waals surface area contributed by atoms with Crippen LogP contribution in [0.1, 0.15) is 26.1 Å². The molecule has 1 unspecified atom stereocenters. The normalized spacial score (nSPS) is 15.7. The quantitative estimate of drug-likeness (QED) is 0.772. The van der Waals surface area contributed by atoms with Gasteiger partial charge in [0.05, 0.1) is 6.20 Å². The maximum atomic E-state index is 9.20. The molecule has 0 saturated carbocycles. The Labute approximate surface area is 78.2 Å². The van der Waals surface area contributed by atoms with Crippen molar-refractivity contribution in [3.8, 4) is 5.88 Å². The van der Waals surface area contributed by atoms with Crippen LogP contribution < -0.4 is 0 Å². The molecule has 0 saturated heterocycles. The van der Waals surface area contributed by atoms with Crippen LogP contribution in [0.3, 0.4) is 0 Å². The summed E-state index contributed by atoms with van der Waals surface area (Å²) in [5.41, 5.74) is -0.421. The van der Waals surface area contributed by atoms with Crippen molar-refractivity contribution >= 4 is 0 Å². The Morgan fingerprint density at radius 1 is 1.69 bits per heavy atom. The lowest BCUT2D eigenvalue weighted by Crippen LogP contribution is -2.27. The zero-order valence-corrected chi connectivity index (χ0v) is 8.53. The summed E-state index contributed by atoms with van der Waals surface area (Å²) in [6.07, 6.45) is 2.38. The van der Waals surface area contributed by atoms with Crippen LogP contribution in [0.2, 0.25) is 0 Å². The minimum absolute atomic E-state index is 0.0363. The molecule has 0 aliphatic rings. The van der Waals surface area contributed by atoms with Crippen LogP contribution in [0.25, 0.3) is 0 Å². The number of methoxy groups -OCH3 is 1. The van der Waals surface area contributed by atoms with Gasteiger partial charge in [-0.3, -0.25) is 0 Å². The Morgan fingerprint density at radius 2 is 2.31 bits per heavy atom. The van der Waals surface area contributed by atoms with Crippen molar-refractivity contribution in [2.24, 2.45) is 7.05 Å². The number of imidazole rings is 1. The number of hydrogen-bond acceptors (Lipinski definition) is 3. The van der Waals surface area contributed by atoms with Crippen molar-refractivity contribution in [2.75, 3.05) is 7.11 Å². The van der Waals surface area contributed by atoms with Crippen molar-refractivity contribution in [2.45, 2.75) is 25.9 Å². The Bertz CT molecular complexity index is 290. The highest BCUT2D eigenvalue weighted by molar-refractivity contribution is 5.12. The highest BCUT2D eigenvalue weighted by atomic mass is 16.5. The molecule has 74 valence electrons. The highest BCUT2D eigenvalue weighted by Gasteiger charge is 2.29. The molecular formula is C9H16N2O2. The van der Waals surface area contributed by atoms with E-state index in [1.54, 1.807) is 17.9 Å². The molecule has 1 heterocycles. The third kappa shape index (κ3) is 1.67. The van der Waals surface area contributed by atoms with Crippen LogP contribution in [0, 0.1) is 0 Å². The fourth-order valence-electron chi connectivity index (χ4n) is 1.34. The largest absolute Gasteiger partial charge is 0.492 e. The minimum atomic E-state index is -0.421. The first kappa shape index (κ1) is 10.1. The third-order valence-corrected chi connectivity index (χ3v) is 2.46. The number of aromatic hydroxyl groups is 1. The average molecular weight is 184 g/mol. The number of nitrogens with zero attached hydrogens (tertiary/aromatic N) is 2. The maximum absolute atomic E-state index is 9.20. The maximum Gasteiger partial charge on any atom is 0.229 e. The lowest BCUT2D eigenvalue weighted by molar-refractivity contribution is -0.0112. The molecule has 0 radical (unpaired) electrons. The zero-order valence-electron chi connectivity index (χ0n) is 8.53. The Balaban J connectivity index is 3.11. The Hall–Kier alpha value is -1.03. The standard InChI is InChI=1S/C9H16N2O2/c1-5-9(2,13-4)8-10-7(12)6-11(8)3/h6,12H,5H2,1-4H3. The molecule has 13 heavy (non-hydrogen) atoms. The number of hydrogen-bond donors (Lipinski definition) is 1. The van der Waals surface area contributed by atoms with E-state index < -0.39 is 5.60 Å². The van der Waals surface area contributed by atoms with E-state index in [1.807, 2.05) is 20.9 Å². The smallest absolute Gasteiger partial charge is 0.229 e. The molecule has 1 rings (SSSR count). The molecule has 0 spiro atoms. The van der Waals surface area contributed by atoms with E-state index in [0.717, 1.165) is 12.2 Å². The van der Waals surface area contributed by atoms with Gasteiger partial charge in [-0.1, -0.05) is 6.92 Å². The number of rotatable bonds is 3. The average Bonchev–Trinajstić information content (AvgIpc) is 2.44. The number of aromatic nitrogens is 2. The first-order valence-corrected chi connectivity index (χ1v) is 4.31. The van der Waals surface area contributed by atoms with Crippen LogP contribution in [0.4, 0.5) is 0 Å². The third-order valence-electron chi connectivity index (χ3n) is 2.46. The van der Waals surface area contributed by atoms with Crippen molar-refractivity contribution in [1.29, 1.82) is 0 Å². The summed E-state index contributed by atoms with van der Waals surface area (Å²) in [5.74, 6) is 0.782. The van der Waals surface area contributed by atoms with Gasteiger partial charge in [0.1, 0.15) is 11.4 Å². The molecule has 0 bridgehead atoms. The first-order chi connectivity index (χ1) is 6.03. The Kier molecular flexibility index (Phi) is 2.61. The summed E-state index contributed by atoms with van der Waals surface area (Å²) in [6, 6.07) is 0. The summed E-state index contributed by atoms with van der Waals surface area (Å²) in [5, 5.41) is 9.20. The van der Waals surface area contributed by atoms with Crippen molar-refractivity contribution in [3.63, 3.8) is 0 Å². The van der Waals surface area contributed by atoms with E-state index in [2.05, 4.69) is 4.98 Å². The fraction of sp³-hybridized carbons (Fsp3) is 0.667. The fourth-order valence-corrected chi connectivity index (χ4v) is 1.34. The lowest BCUT2D eigenvalue weighted by Gasteiger charge is -2.25. The van der Waals surface area contributed by atoms with Gasteiger partial charge in [-0.05, 0) is 13.3 Å². The topological polar surface area (TPSA) is 47.3 Å². The van der Waals surface area contributed by atoms with Gasteiger partial charge in [0, 0.05) is 14.2 Å². The zero-order chi connectivity index (χ0) is 10.1.